The maximum absolute atomic E-state index is 13.2. The smallest absolute Gasteiger partial charge is 0.274 e. The zero-order valence-corrected chi connectivity index (χ0v) is 18.2. The minimum atomic E-state index is 0.0972. The van der Waals surface area contributed by atoms with E-state index in [1.54, 1.807) is 0 Å². The van der Waals surface area contributed by atoms with Crippen molar-refractivity contribution in [2.75, 3.05) is 13.1 Å². The summed E-state index contributed by atoms with van der Waals surface area (Å²) in [6.07, 6.45) is 7.45. The number of aryl methyl sites for hydroxylation is 2. The topological polar surface area (TPSA) is 61.9 Å². The van der Waals surface area contributed by atoms with Crippen molar-refractivity contribution in [3.63, 3.8) is 0 Å². The monoisotopic (exact) mass is 414 g/mol. The lowest BCUT2D eigenvalue weighted by atomic mass is 9.91. The largest absolute Gasteiger partial charge is 0.337 e. The Hall–Kier alpha value is -2.95. The van der Waals surface area contributed by atoms with Gasteiger partial charge in [0.2, 0.25) is 0 Å². The summed E-state index contributed by atoms with van der Waals surface area (Å²) in [6.45, 7) is 3.60. The van der Waals surface area contributed by atoms with Gasteiger partial charge in [0.15, 0.2) is 5.69 Å². The van der Waals surface area contributed by atoms with Gasteiger partial charge in [-0.3, -0.25) is 14.9 Å². The predicted octanol–water partition coefficient (Wildman–Crippen LogP) is 5.07. The number of likely N-dealkylation sites (tertiary alicyclic amines) is 1. The van der Waals surface area contributed by atoms with Gasteiger partial charge in [0.25, 0.3) is 5.91 Å². The summed E-state index contributed by atoms with van der Waals surface area (Å²) < 4.78 is 0. The molecule has 1 aliphatic carbocycles. The molecule has 0 saturated carbocycles. The number of fused-ring (bicyclic) bond motifs is 1. The van der Waals surface area contributed by atoms with E-state index in [9.17, 15) is 4.79 Å². The van der Waals surface area contributed by atoms with Crippen LogP contribution in [0.15, 0.2) is 42.5 Å². The average molecular weight is 415 g/mol. The molecule has 31 heavy (non-hydrogen) atoms. The number of carbonyl (C=O) groups is 1. The summed E-state index contributed by atoms with van der Waals surface area (Å²) in [5, 5.41) is 7.56. The van der Waals surface area contributed by atoms with Crippen LogP contribution in [0, 0.1) is 6.92 Å². The summed E-state index contributed by atoms with van der Waals surface area (Å²) in [5.41, 5.74) is 7.65. The minimum absolute atomic E-state index is 0.0972. The van der Waals surface area contributed by atoms with Gasteiger partial charge in [0.1, 0.15) is 0 Å². The first-order chi connectivity index (χ1) is 15.2. The van der Waals surface area contributed by atoms with Crippen LogP contribution in [0.5, 0.6) is 0 Å². The van der Waals surface area contributed by atoms with Gasteiger partial charge in [0.05, 0.1) is 0 Å². The van der Waals surface area contributed by atoms with Crippen molar-refractivity contribution in [2.45, 2.75) is 57.8 Å². The van der Waals surface area contributed by atoms with Crippen molar-refractivity contribution < 1.29 is 4.79 Å². The fraction of sp³-hybridized carbons (Fsp3) is 0.423. The van der Waals surface area contributed by atoms with Crippen molar-refractivity contribution in [1.82, 2.24) is 20.1 Å². The van der Waals surface area contributed by atoms with E-state index < -0.39 is 0 Å². The zero-order valence-electron chi connectivity index (χ0n) is 18.2. The fourth-order valence-corrected chi connectivity index (χ4v) is 5.06. The van der Waals surface area contributed by atoms with Crippen molar-refractivity contribution in [2.24, 2.45) is 0 Å². The number of hydrogen-bond donors (Lipinski definition) is 1. The molecule has 1 aliphatic heterocycles. The maximum atomic E-state index is 13.2. The minimum Gasteiger partial charge on any atom is -0.337 e. The third-order valence-corrected chi connectivity index (χ3v) is 6.79. The molecule has 0 radical (unpaired) electrons. The van der Waals surface area contributed by atoms with Crippen LogP contribution in [-0.2, 0) is 12.8 Å². The molecule has 3 heterocycles. The number of piperidine rings is 1. The highest BCUT2D eigenvalue weighted by molar-refractivity contribution is 5.94. The standard InChI is InChI=1S/C26H30N4O/c1-18-16-21(19-8-4-2-5-9-19)17-24(27-18)20-12-14-30(15-13-20)26(31)25-22-10-6-3-7-11-23(22)28-29-25/h2,4-5,8-9,16-17,20H,3,6-7,10-15H2,1H3,(H,28,29). The average Bonchev–Trinajstić information content (AvgIpc) is 3.07. The van der Waals surface area contributed by atoms with Gasteiger partial charge in [-0.15, -0.1) is 0 Å². The molecular weight excluding hydrogens is 384 g/mol. The molecular formula is C26H30N4O. The summed E-state index contributed by atoms with van der Waals surface area (Å²) >= 11 is 0. The Morgan fingerprint density at radius 1 is 1.00 bits per heavy atom. The predicted molar refractivity (Wildman–Crippen MR) is 122 cm³/mol. The molecule has 1 amide bonds. The molecule has 1 aromatic carbocycles. The van der Waals surface area contributed by atoms with Crippen LogP contribution in [0.25, 0.3) is 11.1 Å². The number of nitrogens with one attached hydrogen (secondary N) is 1. The summed E-state index contributed by atoms with van der Waals surface area (Å²) in [6, 6.07) is 14.9. The molecule has 5 heteroatoms. The number of H-pyrrole nitrogens is 1. The Labute approximate surface area is 183 Å². The molecule has 0 bridgehead atoms. The number of rotatable bonds is 3. The quantitative estimate of drug-likeness (QED) is 0.609. The molecule has 5 rings (SSSR count). The van der Waals surface area contributed by atoms with Crippen LogP contribution in [0.2, 0.25) is 0 Å². The maximum Gasteiger partial charge on any atom is 0.274 e. The molecule has 1 fully saturated rings. The molecule has 2 aromatic heterocycles. The van der Waals surface area contributed by atoms with E-state index in [-0.39, 0.29) is 5.91 Å². The number of pyridine rings is 1. The Kier molecular flexibility index (Phi) is 5.58. The highest BCUT2D eigenvalue weighted by atomic mass is 16.2. The Balaban J connectivity index is 1.29. The molecule has 1 N–H and O–H groups in total. The SMILES string of the molecule is Cc1cc(-c2ccccc2)cc(C2CCN(C(=O)c3n[nH]c4c3CCCCC4)CC2)n1. The number of benzene rings is 1. The number of hydrogen-bond acceptors (Lipinski definition) is 3. The molecule has 2 aliphatic rings. The number of nitrogens with zero attached hydrogens (tertiary/aromatic N) is 3. The van der Waals surface area contributed by atoms with Gasteiger partial charge in [-0.05, 0) is 68.7 Å². The van der Waals surface area contributed by atoms with Crippen LogP contribution in [0.1, 0.15) is 71.2 Å². The molecule has 3 aromatic rings. The highest BCUT2D eigenvalue weighted by Crippen LogP contribution is 2.31. The first kappa shape index (κ1) is 20.0. The Morgan fingerprint density at radius 2 is 1.77 bits per heavy atom. The van der Waals surface area contributed by atoms with Crippen LogP contribution < -0.4 is 0 Å². The van der Waals surface area contributed by atoms with E-state index in [4.69, 9.17) is 4.98 Å². The highest BCUT2D eigenvalue weighted by Gasteiger charge is 2.29. The van der Waals surface area contributed by atoms with Gasteiger partial charge in [-0.1, -0.05) is 36.8 Å². The molecule has 5 nitrogen and oxygen atoms in total. The Bertz CT molecular complexity index is 1060. The van der Waals surface area contributed by atoms with E-state index in [1.165, 1.54) is 29.7 Å². The van der Waals surface area contributed by atoms with Gasteiger partial charge >= 0.3 is 0 Å². The third-order valence-electron chi connectivity index (χ3n) is 6.79. The lowest BCUT2D eigenvalue weighted by Crippen LogP contribution is -2.38. The van der Waals surface area contributed by atoms with E-state index in [1.807, 2.05) is 11.0 Å². The fourth-order valence-electron chi connectivity index (χ4n) is 5.06. The molecule has 160 valence electrons. The second-order valence-electron chi connectivity index (χ2n) is 8.94. The third kappa shape index (κ3) is 4.14. The zero-order chi connectivity index (χ0) is 21.2. The van der Waals surface area contributed by atoms with E-state index in [0.717, 1.165) is 62.1 Å². The van der Waals surface area contributed by atoms with Crippen LogP contribution in [-0.4, -0.2) is 39.1 Å². The first-order valence-corrected chi connectivity index (χ1v) is 11.6. The lowest BCUT2D eigenvalue weighted by Gasteiger charge is -2.31. The van der Waals surface area contributed by atoms with Gasteiger partial charge in [0, 0.05) is 41.7 Å². The molecule has 0 spiro atoms. The molecule has 1 saturated heterocycles. The van der Waals surface area contributed by atoms with Crippen LogP contribution >= 0.6 is 0 Å². The van der Waals surface area contributed by atoms with Crippen molar-refractivity contribution in [3.05, 3.63) is 70.8 Å². The number of aromatic amines is 1. The van der Waals surface area contributed by atoms with E-state index >= 15 is 0 Å². The number of carbonyl (C=O) groups excluding carboxylic acids is 1. The van der Waals surface area contributed by atoms with E-state index in [2.05, 4.69) is 53.5 Å². The summed E-state index contributed by atoms with van der Waals surface area (Å²) in [5.74, 6) is 0.489. The van der Waals surface area contributed by atoms with Crippen LogP contribution in [0.3, 0.4) is 0 Å². The first-order valence-electron chi connectivity index (χ1n) is 11.6. The normalized spacial score (nSPS) is 17.3. The van der Waals surface area contributed by atoms with Gasteiger partial charge < -0.3 is 4.90 Å². The lowest BCUT2D eigenvalue weighted by molar-refractivity contribution is 0.0705. The number of amides is 1. The summed E-state index contributed by atoms with van der Waals surface area (Å²) in [7, 11) is 0. The summed E-state index contributed by atoms with van der Waals surface area (Å²) in [4.78, 5) is 20.1. The van der Waals surface area contributed by atoms with Gasteiger partial charge in [-0.2, -0.15) is 5.10 Å². The van der Waals surface area contributed by atoms with Gasteiger partial charge in [-0.25, -0.2) is 0 Å². The number of aromatic nitrogens is 3. The molecule has 0 unspecified atom stereocenters. The van der Waals surface area contributed by atoms with Crippen molar-refractivity contribution >= 4 is 5.91 Å². The van der Waals surface area contributed by atoms with E-state index in [0.29, 0.717) is 11.6 Å². The Morgan fingerprint density at radius 3 is 2.58 bits per heavy atom. The molecule has 0 atom stereocenters. The van der Waals surface area contributed by atoms with Crippen LogP contribution in [0.4, 0.5) is 0 Å². The van der Waals surface area contributed by atoms with Crippen molar-refractivity contribution in [1.29, 1.82) is 0 Å². The second-order valence-corrected chi connectivity index (χ2v) is 8.94. The van der Waals surface area contributed by atoms with Crippen molar-refractivity contribution in [3.8, 4) is 11.1 Å². The second kappa shape index (κ2) is 8.66.